The molecule has 0 amide bonds. The number of hydrogen-bond acceptors (Lipinski definition) is 5. The van der Waals surface area contributed by atoms with Crippen molar-refractivity contribution in [3.8, 4) is 0 Å². The van der Waals surface area contributed by atoms with Crippen LogP contribution >= 0.6 is 0 Å². The van der Waals surface area contributed by atoms with Gasteiger partial charge in [0.1, 0.15) is 0 Å². The first kappa shape index (κ1) is 16.5. The molecular weight excluding hydrogens is 336 g/mol. The van der Waals surface area contributed by atoms with E-state index in [9.17, 15) is 8.42 Å². The zero-order valence-corrected chi connectivity index (χ0v) is 15.0. The van der Waals surface area contributed by atoms with E-state index in [1.54, 1.807) is 28.8 Å². The highest BCUT2D eigenvalue weighted by molar-refractivity contribution is 7.89. The first-order valence-corrected chi connectivity index (χ1v) is 10.2. The molecule has 132 valence electrons. The lowest BCUT2D eigenvalue weighted by Crippen LogP contribution is -2.49. The molecule has 0 saturated carbocycles. The molecule has 1 aliphatic carbocycles. The fourth-order valence-electron chi connectivity index (χ4n) is 3.60. The molecule has 6 nitrogen and oxygen atoms in total. The lowest BCUT2D eigenvalue weighted by atomic mass is 9.92. The predicted octanol–water partition coefficient (Wildman–Crippen LogP) is 1.87. The van der Waals surface area contributed by atoms with Gasteiger partial charge in [-0.1, -0.05) is 6.07 Å². The van der Waals surface area contributed by atoms with Crippen molar-refractivity contribution in [2.75, 3.05) is 31.1 Å². The van der Waals surface area contributed by atoms with Crippen LogP contribution in [0.15, 0.2) is 41.6 Å². The van der Waals surface area contributed by atoms with Gasteiger partial charge in [-0.15, -0.1) is 0 Å². The van der Waals surface area contributed by atoms with Crippen LogP contribution in [0.4, 0.5) is 5.95 Å². The second-order valence-corrected chi connectivity index (χ2v) is 8.52. The lowest BCUT2D eigenvalue weighted by molar-refractivity contribution is 0.382. The Balaban J connectivity index is 1.50. The number of aromatic nitrogens is 2. The van der Waals surface area contributed by atoms with Gasteiger partial charge in [0.25, 0.3) is 0 Å². The van der Waals surface area contributed by atoms with E-state index in [0.717, 1.165) is 19.3 Å². The lowest BCUT2D eigenvalue weighted by Gasteiger charge is -2.34. The van der Waals surface area contributed by atoms with Gasteiger partial charge in [0.05, 0.1) is 4.90 Å². The Kier molecular flexibility index (Phi) is 4.43. The third-order valence-electron chi connectivity index (χ3n) is 5.03. The number of sulfonamides is 1. The van der Waals surface area contributed by atoms with Crippen molar-refractivity contribution in [2.45, 2.75) is 30.6 Å². The Bertz CT molecular complexity index is 847. The molecule has 1 aliphatic heterocycles. The Morgan fingerprint density at radius 3 is 2.28 bits per heavy atom. The number of piperazine rings is 1. The van der Waals surface area contributed by atoms with Crippen LogP contribution in [0.5, 0.6) is 0 Å². The highest BCUT2D eigenvalue weighted by Crippen LogP contribution is 2.26. The number of anilines is 1. The van der Waals surface area contributed by atoms with E-state index in [1.165, 1.54) is 17.5 Å². The van der Waals surface area contributed by atoms with Crippen LogP contribution in [0.2, 0.25) is 0 Å². The SMILES string of the molecule is O=S(=O)(c1ccc2c(c1)CCCC2)N1CCN(c2ncccn2)CC1. The fraction of sp³-hybridized carbons (Fsp3) is 0.444. The van der Waals surface area contributed by atoms with Gasteiger partial charge in [-0.3, -0.25) is 0 Å². The Labute approximate surface area is 148 Å². The summed E-state index contributed by atoms with van der Waals surface area (Å²) in [5.74, 6) is 0.660. The normalized spacial score (nSPS) is 18.8. The van der Waals surface area contributed by atoms with E-state index < -0.39 is 10.0 Å². The molecule has 7 heteroatoms. The molecule has 0 spiro atoms. The summed E-state index contributed by atoms with van der Waals surface area (Å²) in [6.07, 6.45) is 7.80. The zero-order valence-electron chi connectivity index (χ0n) is 14.1. The molecule has 4 rings (SSSR count). The number of benzene rings is 1. The summed E-state index contributed by atoms with van der Waals surface area (Å²) >= 11 is 0. The van der Waals surface area contributed by atoms with Gasteiger partial charge in [0, 0.05) is 38.6 Å². The van der Waals surface area contributed by atoms with Gasteiger partial charge in [-0.05, 0) is 55.0 Å². The average Bonchev–Trinajstić information content (AvgIpc) is 2.68. The molecule has 0 bridgehead atoms. The van der Waals surface area contributed by atoms with E-state index >= 15 is 0 Å². The van der Waals surface area contributed by atoms with Crippen molar-refractivity contribution in [2.24, 2.45) is 0 Å². The predicted molar refractivity (Wildman–Crippen MR) is 96.1 cm³/mol. The van der Waals surface area contributed by atoms with E-state index in [4.69, 9.17) is 0 Å². The summed E-state index contributed by atoms with van der Waals surface area (Å²) in [4.78, 5) is 10.9. The van der Waals surface area contributed by atoms with Gasteiger partial charge >= 0.3 is 0 Å². The van der Waals surface area contributed by atoms with Crippen LogP contribution in [0.1, 0.15) is 24.0 Å². The molecule has 1 saturated heterocycles. The van der Waals surface area contributed by atoms with Crippen molar-refractivity contribution < 1.29 is 8.42 Å². The minimum atomic E-state index is -3.44. The first-order valence-electron chi connectivity index (χ1n) is 8.78. The number of hydrogen-bond donors (Lipinski definition) is 0. The van der Waals surface area contributed by atoms with Crippen LogP contribution in [0.3, 0.4) is 0 Å². The standard InChI is InChI=1S/C18H22N4O2S/c23-25(24,17-7-6-15-4-1-2-5-16(15)14-17)22-12-10-21(11-13-22)18-19-8-3-9-20-18/h3,6-9,14H,1-2,4-5,10-13H2. The monoisotopic (exact) mass is 358 g/mol. The molecule has 2 aliphatic rings. The molecule has 2 aromatic rings. The summed E-state index contributed by atoms with van der Waals surface area (Å²) in [6, 6.07) is 7.43. The Morgan fingerprint density at radius 2 is 1.56 bits per heavy atom. The molecule has 25 heavy (non-hydrogen) atoms. The first-order chi connectivity index (χ1) is 12.1. The zero-order chi connectivity index (χ0) is 17.3. The van der Waals surface area contributed by atoms with Gasteiger partial charge in [0.15, 0.2) is 0 Å². The van der Waals surface area contributed by atoms with Crippen LogP contribution in [-0.4, -0.2) is 48.9 Å². The van der Waals surface area contributed by atoms with E-state index in [1.807, 2.05) is 17.0 Å². The van der Waals surface area contributed by atoms with Crippen LogP contribution in [-0.2, 0) is 22.9 Å². The maximum absolute atomic E-state index is 13.0. The maximum atomic E-state index is 13.0. The molecule has 1 aromatic carbocycles. The second-order valence-electron chi connectivity index (χ2n) is 6.58. The highest BCUT2D eigenvalue weighted by Gasteiger charge is 2.29. The summed E-state index contributed by atoms with van der Waals surface area (Å²) in [7, 11) is -3.44. The minimum absolute atomic E-state index is 0.428. The maximum Gasteiger partial charge on any atom is 0.243 e. The van der Waals surface area contributed by atoms with Crippen LogP contribution in [0, 0.1) is 0 Å². The smallest absolute Gasteiger partial charge is 0.243 e. The third-order valence-corrected chi connectivity index (χ3v) is 6.93. The highest BCUT2D eigenvalue weighted by atomic mass is 32.2. The van der Waals surface area contributed by atoms with Crippen molar-refractivity contribution >= 4 is 16.0 Å². The summed E-state index contributed by atoms with van der Waals surface area (Å²) in [5.41, 5.74) is 2.50. The fourth-order valence-corrected chi connectivity index (χ4v) is 5.08. The van der Waals surface area contributed by atoms with Gasteiger partial charge in [-0.2, -0.15) is 4.31 Å². The van der Waals surface area contributed by atoms with Crippen LogP contribution < -0.4 is 4.90 Å². The van der Waals surface area contributed by atoms with Crippen molar-refractivity contribution in [3.63, 3.8) is 0 Å². The summed E-state index contributed by atoms with van der Waals surface area (Å²) in [5, 5.41) is 0. The van der Waals surface area contributed by atoms with Gasteiger partial charge < -0.3 is 4.90 Å². The topological polar surface area (TPSA) is 66.4 Å². The van der Waals surface area contributed by atoms with E-state index in [2.05, 4.69) is 9.97 Å². The number of aryl methyl sites for hydroxylation is 2. The molecule has 2 heterocycles. The molecule has 0 radical (unpaired) electrons. The number of rotatable bonds is 3. The molecule has 1 aromatic heterocycles. The van der Waals surface area contributed by atoms with E-state index in [0.29, 0.717) is 37.0 Å². The van der Waals surface area contributed by atoms with E-state index in [-0.39, 0.29) is 0 Å². The van der Waals surface area contributed by atoms with Crippen molar-refractivity contribution in [1.82, 2.24) is 14.3 Å². The van der Waals surface area contributed by atoms with Gasteiger partial charge in [0.2, 0.25) is 16.0 Å². The van der Waals surface area contributed by atoms with Gasteiger partial charge in [-0.25, -0.2) is 18.4 Å². The summed E-state index contributed by atoms with van der Waals surface area (Å²) in [6.45, 7) is 2.12. The van der Waals surface area contributed by atoms with Crippen molar-refractivity contribution in [1.29, 1.82) is 0 Å². The molecule has 0 N–H and O–H groups in total. The van der Waals surface area contributed by atoms with Crippen molar-refractivity contribution in [3.05, 3.63) is 47.8 Å². The number of fused-ring (bicyclic) bond motifs is 1. The van der Waals surface area contributed by atoms with Crippen LogP contribution in [0.25, 0.3) is 0 Å². The molecular formula is C18H22N4O2S. The second kappa shape index (κ2) is 6.72. The quantitative estimate of drug-likeness (QED) is 0.838. The molecule has 0 unspecified atom stereocenters. The Hall–Kier alpha value is -1.99. The number of nitrogens with zero attached hydrogens (tertiary/aromatic N) is 4. The largest absolute Gasteiger partial charge is 0.338 e. The molecule has 0 atom stereocenters. The third kappa shape index (κ3) is 3.26. The molecule has 1 fully saturated rings. The average molecular weight is 358 g/mol. The summed E-state index contributed by atoms with van der Waals surface area (Å²) < 4.78 is 27.6. The minimum Gasteiger partial charge on any atom is -0.338 e. The Morgan fingerprint density at radius 1 is 0.880 bits per heavy atom.